The fourth-order valence-electron chi connectivity index (χ4n) is 2.77. The molecular weight excluding hydrogens is 336 g/mol. The van der Waals surface area contributed by atoms with E-state index in [-0.39, 0.29) is 11.0 Å². The number of carbonyl (C=O) groups excluding carboxylic acids is 2. The molecule has 0 unspecified atom stereocenters. The van der Waals surface area contributed by atoms with Crippen molar-refractivity contribution in [2.24, 2.45) is 0 Å². The van der Waals surface area contributed by atoms with Gasteiger partial charge in [0.2, 0.25) is 0 Å². The van der Waals surface area contributed by atoms with Gasteiger partial charge < -0.3 is 0 Å². The third-order valence-corrected chi connectivity index (χ3v) is 4.01. The number of rotatable bonds is 8. The van der Waals surface area contributed by atoms with Crippen LogP contribution in [0, 0.1) is 0 Å². The highest BCUT2D eigenvalue weighted by Gasteiger charge is 2.26. The molecule has 0 radical (unpaired) electrons. The molecule has 0 N–H and O–H groups in total. The SMILES string of the molecule is CCCC(C)(C)c1ccccc1C(=O)OOOOC(=O)c1ccccc1. The number of benzene rings is 2. The summed E-state index contributed by atoms with van der Waals surface area (Å²) in [4.78, 5) is 32.9. The Morgan fingerprint density at radius 3 is 2.08 bits per heavy atom. The first-order valence-corrected chi connectivity index (χ1v) is 8.37. The van der Waals surface area contributed by atoms with Crippen molar-refractivity contribution in [3.63, 3.8) is 0 Å². The van der Waals surface area contributed by atoms with E-state index in [0.717, 1.165) is 18.4 Å². The summed E-state index contributed by atoms with van der Waals surface area (Å²) in [6.07, 6.45) is 1.88. The maximum atomic E-state index is 12.3. The fraction of sp³-hybridized carbons (Fsp3) is 0.300. The monoisotopic (exact) mass is 358 g/mol. The van der Waals surface area contributed by atoms with Gasteiger partial charge in [0.05, 0.1) is 11.1 Å². The Kier molecular flexibility index (Phi) is 6.89. The van der Waals surface area contributed by atoms with Crippen LogP contribution in [0.1, 0.15) is 59.9 Å². The standard InChI is InChI=1S/C20H22O6/c1-4-14-20(2,3)17-13-9-8-12-16(17)19(22)24-26-25-23-18(21)15-10-6-5-7-11-15/h5-13H,4,14H2,1-3H3. The predicted octanol–water partition coefficient (Wildman–Crippen LogP) is 4.56. The average Bonchev–Trinajstić information content (AvgIpc) is 2.65. The minimum absolute atomic E-state index is 0.203. The molecule has 0 fully saturated rings. The maximum Gasteiger partial charge on any atom is 0.376 e. The summed E-state index contributed by atoms with van der Waals surface area (Å²) in [6.45, 7) is 6.20. The Bertz CT molecular complexity index is 739. The molecule has 2 aromatic carbocycles. The molecule has 0 aliphatic carbocycles. The second-order valence-corrected chi connectivity index (χ2v) is 6.42. The fourth-order valence-corrected chi connectivity index (χ4v) is 2.77. The van der Waals surface area contributed by atoms with Gasteiger partial charge in [-0.15, -0.1) is 0 Å². The highest BCUT2D eigenvalue weighted by Crippen LogP contribution is 2.31. The minimum atomic E-state index is -0.772. The summed E-state index contributed by atoms with van der Waals surface area (Å²) in [7, 11) is 0. The molecule has 0 amide bonds. The molecule has 0 bridgehead atoms. The molecule has 26 heavy (non-hydrogen) atoms. The van der Waals surface area contributed by atoms with Gasteiger partial charge in [-0.05, 0) is 35.6 Å². The molecule has 0 saturated heterocycles. The van der Waals surface area contributed by atoms with Crippen molar-refractivity contribution < 1.29 is 29.4 Å². The zero-order chi connectivity index (χ0) is 19.0. The molecule has 0 saturated carbocycles. The van der Waals surface area contributed by atoms with Crippen LogP contribution >= 0.6 is 0 Å². The highest BCUT2D eigenvalue weighted by atomic mass is 17.7. The Morgan fingerprint density at radius 2 is 1.42 bits per heavy atom. The van der Waals surface area contributed by atoms with Crippen molar-refractivity contribution in [2.45, 2.75) is 39.0 Å². The van der Waals surface area contributed by atoms with E-state index >= 15 is 0 Å². The van der Waals surface area contributed by atoms with E-state index in [9.17, 15) is 9.59 Å². The summed E-state index contributed by atoms with van der Waals surface area (Å²) in [5.74, 6) is -1.51. The van der Waals surface area contributed by atoms with Gasteiger partial charge in [-0.3, -0.25) is 9.78 Å². The molecule has 0 aromatic heterocycles. The van der Waals surface area contributed by atoms with Crippen molar-refractivity contribution in [3.8, 4) is 0 Å². The van der Waals surface area contributed by atoms with Crippen molar-refractivity contribution >= 4 is 11.9 Å². The predicted molar refractivity (Wildman–Crippen MR) is 93.8 cm³/mol. The van der Waals surface area contributed by atoms with E-state index < -0.39 is 11.9 Å². The largest absolute Gasteiger partial charge is 0.376 e. The first kappa shape index (κ1) is 19.6. The first-order chi connectivity index (χ1) is 12.5. The van der Waals surface area contributed by atoms with Crippen molar-refractivity contribution in [1.29, 1.82) is 0 Å². The normalized spacial score (nSPS) is 11.0. The summed E-state index contributed by atoms with van der Waals surface area (Å²) in [5.41, 5.74) is 1.28. The van der Waals surface area contributed by atoms with Crippen molar-refractivity contribution in [1.82, 2.24) is 0 Å². The van der Waals surface area contributed by atoms with Gasteiger partial charge in [-0.2, -0.15) is 0 Å². The van der Waals surface area contributed by atoms with Gasteiger partial charge >= 0.3 is 11.9 Å². The summed E-state index contributed by atoms with van der Waals surface area (Å²) in [6, 6.07) is 15.3. The van der Waals surface area contributed by atoms with E-state index in [0.29, 0.717) is 5.56 Å². The first-order valence-electron chi connectivity index (χ1n) is 8.37. The van der Waals surface area contributed by atoms with Crippen molar-refractivity contribution in [3.05, 3.63) is 71.3 Å². The van der Waals surface area contributed by atoms with E-state index in [1.807, 2.05) is 12.1 Å². The lowest BCUT2D eigenvalue weighted by atomic mass is 9.78. The van der Waals surface area contributed by atoms with E-state index in [4.69, 9.17) is 0 Å². The van der Waals surface area contributed by atoms with Crippen LogP contribution in [-0.4, -0.2) is 11.9 Å². The van der Waals surface area contributed by atoms with Crippen LogP contribution < -0.4 is 0 Å². The highest BCUT2D eigenvalue weighted by molar-refractivity contribution is 5.91. The van der Waals surface area contributed by atoms with Crippen molar-refractivity contribution in [2.75, 3.05) is 0 Å². The van der Waals surface area contributed by atoms with Gasteiger partial charge in [0.1, 0.15) is 0 Å². The lowest BCUT2D eigenvalue weighted by Gasteiger charge is -2.26. The van der Waals surface area contributed by atoms with Crippen LogP contribution in [0.3, 0.4) is 0 Å². The Labute approximate surface area is 152 Å². The van der Waals surface area contributed by atoms with Gasteiger partial charge in [-0.25, -0.2) is 9.59 Å². The Hall–Kier alpha value is -2.70. The van der Waals surface area contributed by atoms with Crippen LogP contribution in [-0.2, 0) is 25.3 Å². The molecule has 138 valence electrons. The number of hydrogen-bond donors (Lipinski definition) is 0. The lowest BCUT2D eigenvalue weighted by Crippen LogP contribution is -2.22. The second-order valence-electron chi connectivity index (χ2n) is 6.42. The smallest absolute Gasteiger partial charge is 0.260 e. The quantitative estimate of drug-likeness (QED) is 0.391. The molecule has 6 nitrogen and oxygen atoms in total. The molecular formula is C20H22O6. The molecule has 6 heteroatoms. The lowest BCUT2D eigenvalue weighted by molar-refractivity contribution is -0.595. The Morgan fingerprint density at radius 1 is 0.846 bits per heavy atom. The topological polar surface area (TPSA) is 71.1 Å². The molecule has 2 aromatic rings. The molecule has 2 rings (SSSR count). The van der Waals surface area contributed by atoms with Crippen LogP contribution in [0.5, 0.6) is 0 Å². The molecule has 0 atom stereocenters. The third-order valence-electron chi connectivity index (χ3n) is 4.01. The maximum absolute atomic E-state index is 12.3. The number of hydrogen-bond acceptors (Lipinski definition) is 6. The van der Waals surface area contributed by atoms with E-state index in [1.165, 1.54) is 0 Å². The summed E-state index contributed by atoms with van der Waals surface area (Å²) < 4.78 is 0. The molecule has 0 heterocycles. The molecule has 0 aliphatic rings. The second kappa shape index (κ2) is 9.12. The van der Waals surface area contributed by atoms with Crippen LogP contribution in [0.4, 0.5) is 0 Å². The van der Waals surface area contributed by atoms with E-state index in [1.54, 1.807) is 42.5 Å². The van der Waals surface area contributed by atoms with Gasteiger partial charge in [0.25, 0.3) is 0 Å². The van der Waals surface area contributed by atoms with Gasteiger partial charge in [-0.1, -0.05) is 63.6 Å². The van der Waals surface area contributed by atoms with Crippen LogP contribution in [0.25, 0.3) is 0 Å². The average molecular weight is 358 g/mol. The van der Waals surface area contributed by atoms with E-state index in [2.05, 4.69) is 40.6 Å². The minimum Gasteiger partial charge on any atom is -0.260 e. The zero-order valence-electron chi connectivity index (χ0n) is 15.1. The zero-order valence-corrected chi connectivity index (χ0v) is 15.1. The van der Waals surface area contributed by atoms with Gasteiger partial charge in [0.15, 0.2) is 0 Å². The van der Waals surface area contributed by atoms with Crippen LogP contribution in [0.2, 0.25) is 0 Å². The van der Waals surface area contributed by atoms with Crippen LogP contribution in [0.15, 0.2) is 54.6 Å². The Balaban J connectivity index is 1.92. The summed E-state index contributed by atoms with van der Waals surface area (Å²) in [5, 5.41) is 8.50. The molecule has 0 spiro atoms. The third kappa shape index (κ3) is 5.15. The van der Waals surface area contributed by atoms with Gasteiger partial charge in [0, 0.05) is 10.1 Å². The summed E-state index contributed by atoms with van der Waals surface area (Å²) >= 11 is 0. The number of carbonyl (C=O) groups is 2. The molecule has 0 aliphatic heterocycles.